The van der Waals surface area contributed by atoms with Gasteiger partial charge in [-0.15, -0.1) is 0 Å². The van der Waals surface area contributed by atoms with Gasteiger partial charge in [0.05, 0.1) is 12.2 Å². The third-order valence-electron chi connectivity index (χ3n) is 3.86. The molecule has 0 spiro atoms. The molecule has 0 amide bonds. The summed E-state index contributed by atoms with van der Waals surface area (Å²) in [6.07, 6.45) is 4.14. The zero-order valence-electron chi connectivity index (χ0n) is 11.3. The number of hydrogen-bond donors (Lipinski definition) is 1. The first-order chi connectivity index (χ1) is 8.48. The fraction of sp³-hybridized carbons (Fsp3) is 0.692. The number of ether oxygens (including phenoxy) is 1. The first kappa shape index (κ1) is 13.2. The molecule has 1 N–H and O–H groups in total. The molecule has 1 saturated heterocycles. The maximum atomic E-state index is 10.7. The molecule has 18 heavy (non-hydrogen) atoms. The number of rotatable bonds is 3. The van der Waals surface area contributed by atoms with Gasteiger partial charge in [0.2, 0.25) is 5.95 Å². The molecule has 2 heterocycles. The minimum absolute atomic E-state index is 0.263. The molecule has 1 atom stereocenters. The standard InChI is InChI=1S/C13H21N3O2/c1-12(2)9-16(11-14-6-4-7-15-11)8-5-13(12,17)10-18-3/h4,6-7,17H,5,8-10H2,1-3H3/t13-/m1/s1. The molecule has 1 aromatic heterocycles. The van der Waals surface area contributed by atoms with E-state index in [0.717, 1.165) is 19.0 Å². The molecule has 2 rings (SSSR count). The van der Waals surface area contributed by atoms with Crippen LogP contribution < -0.4 is 4.90 Å². The Morgan fingerprint density at radius 1 is 1.39 bits per heavy atom. The van der Waals surface area contributed by atoms with E-state index in [9.17, 15) is 5.11 Å². The fourth-order valence-corrected chi connectivity index (χ4v) is 2.49. The Balaban J connectivity index is 2.15. The van der Waals surface area contributed by atoms with Crippen molar-refractivity contribution in [3.05, 3.63) is 18.5 Å². The summed E-state index contributed by atoms with van der Waals surface area (Å²) in [5, 5.41) is 10.7. The lowest BCUT2D eigenvalue weighted by Gasteiger charge is -2.49. The van der Waals surface area contributed by atoms with Crippen LogP contribution in [0.3, 0.4) is 0 Å². The molecular formula is C13H21N3O2. The summed E-state index contributed by atoms with van der Waals surface area (Å²) in [6.45, 7) is 5.94. The van der Waals surface area contributed by atoms with Gasteiger partial charge in [-0.05, 0) is 12.5 Å². The van der Waals surface area contributed by atoms with Gasteiger partial charge < -0.3 is 14.7 Å². The highest BCUT2D eigenvalue weighted by Gasteiger charge is 2.48. The summed E-state index contributed by atoms with van der Waals surface area (Å²) in [5.41, 5.74) is -1.05. The maximum absolute atomic E-state index is 10.7. The summed E-state index contributed by atoms with van der Waals surface area (Å²) < 4.78 is 5.16. The minimum atomic E-state index is -0.785. The topological polar surface area (TPSA) is 58.5 Å². The monoisotopic (exact) mass is 251 g/mol. The predicted octanol–water partition coefficient (Wildman–Crippen LogP) is 1.09. The SMILES string of the molecule is COC[C@]1(O)CCN(c2ncccn2)CC1(C)C. The highest BCUT2D eigenvalue weighted by molar-refractivity contribution is 5.31. The van der Waals surface area contributed by atoms with Crippen LogP contribution in [0.25, 0.3) is 0 Å². The van der Waals surface area contributed by atoms with Crippen LogP contribution in [0.4, 0.5) is 5.95 Å². The molecule has 0 unspecified atom stereocenters. The summed E-state index contributed by atoms with van der Waals surface area (Å²) in [6, 6.07) is 1.81. The molecule has 0 aliphatic carbocycles. The van der Waals surface area contributed by atoms with E-state index < -0.39 is 5.60 Å². The predicted molar refractivity (Wildman–Crippen MR) is 69.5 cm³/mol. The van der Waals surface area contributed by atoms with E-state index in [0.29, 0.717) is 13.0 Å². The molecule has 5 heteroatoms. The number of aromatic nitrogens is 2. The second-order valence-electron chi connectivity index (χ2n) is 5.57. The molecule has 1 fully saturated rings. The lowest BCUT2D eigenvalue weighted by Crippen LogP contribution is -2.59. The molecule has 1 aromatic rings. The molecule has 5 nitrogen and oxygen atoms in total. The second kappa shape index (κ2) is 4.82. The smallest absolute Gasteiger partial charge is 0.225 e. The molecule has 100 valence electrons. The first-order valence-corrected chi connectivity index (χ1v) is 6.22. The van der Waals surface area contributed by atoms with Crippen LogP contribution in [0, 0.1) is 5.41 Å². The van der Waals surface area contributed by atoms with Crippen molar-refractivity contribution in [2.45, 2.75) is 25.9 Å². The fourth-order valence-electron chi connectivity index (χ4n) is 2.49. The first-order valence-electron chi connectivity index (χ1n) is 6.22. The van der Waals surface area contributed by atoms with Crippen LogP contribution in [0.5, 0.6) is 0 Å². The molecular weight excluding hydrogens is 230 g/mol. The van der Waals surface area contributed by atoms with Gasteiger partial charge in [0, 0.05) is 38.0 Å². The lowest BCUT2D eigenvalue weighted by molar-refractivity contribution is -0.122. The van der Waals surface area contributed by atoms with Crippen LogP contribution in [0.2, 0.25) is 0 Å². The average molecular weight is 251 g/mol. The highest BCUT2D eigenvalue weighted by Crippen LogP contribution is 2.39. The van der Waals surface area contributed by atoms with Crippen LogP contribution in [-0.2, 0) is 4.74 Å². The van der Waals surface area contributed by atoms with Crippen molar-refractivity contribution in [3.8, 4) is 0 Å². The number of nitrogens with zero attached hydrogens (tertiary/aromatic N) is 3. The molecule has 1 aliphatic rings. The Kier molecular flexibility index (Phi) is 3.54. The molecule has 0 bridgehead atoms. The van der Waals surface area contributed by atoms with E-state index in [1.165, 1.54) is 0 Å². The summed E-state index contributed by atoms with van der Waals surface area (Å²) in [5.74, 6) is 0.727. The lowest BCUT2D eigenvalue weighted by atomic mass is 9.70. The van der Waals surface area contributed by atoms with Gasteiger partial charge in [-0.25, -0.2) is 9.97 Å². The largest absolute Gasteiger partial charge is 0.387 e. The normalized spacial score (nSPS) is 27.2. The number of aliphatic hydroxyl groups is 1. The molecule has 0 saturated carbocycles. The van der Waals surface area contributed by atoms with E-state index in [4.69, 9.17) is 4.74 Å². The van der Waals surface area contributed by atoms with Crippen molar-refractivity contribution >= 4 is 5.95 Å². The van der Waals surface area contributed by atoms with Crippen molar-refractivity contribution in [2.24, 2.45) is 5.41 Å². The Morgan fingerprint density at radius 2 is 2.06 bits per heavy atom. The van der Waals surface area contributed by atoms with Crippen molar-refractivity contribution < 1.29 is 9.84 Å². The average Bonchev–Trinajstić information content (AvgIpc) is 2.34. The number of hydrogen-bond acceptors (Lipinski definition) is 5. The highest BCUT2D eigenvalue weighted by atomic mass is 16.5. The van der Waals surface area contributed by atoms with Crippen LogP contribution >= 0.6 is 0 Å². The van der Waals surface area contributed by atoms with E-state index in [1.807, 2.05) is 0 Å². The maximum Gasteiger partial charge on any atom is 0.225 e. The van der Waals surface area contributed by atoms with Crippen molar-refractivity contribution in [3.63, 3.8) is 0 Å². The quantitative estimate of drug-likeness (QED) is 0.871. The third-order valence-corrected chi connectivity index (χ3v) is 3.86. The van der Waals surface area contributed by atoms with E-state index in [2.05, 4.69) is 28.7 Å². The van der Waals surface area contributed by atoms with Crippen LogP contribution in [0.15, 0.2) is 18.5 Å². The van der Waals surface area contributed by atoms with Gasteiger partial charge >= 0.3 is 0 Å². The van der Waals surface area contributed by atoms with Gasteiger partial charge in [-0.1, -0.05) is 13.8 Å². The van der Waals surface area contributed by atoms with Gasteiger partial charge in [0.15, 0.2) is 0 Å². The Morgan fingerprint density at radius 3 is 2.61 bits per heavy atom. The summed E-state index contributed by atoms with van der Waals surface area (Å²) >= 11 is 0. The number of methoxy groups -OCH3 is 1. The zero-order chi connectivity index (χ0) is 13.2. The third kappa shape index (κ3) is 2.33. The zero-order valence-corrected chi connectivity index (χ0v) is 11.3. The Bertz CT molecular complexity index is 396. The minimum Gasteiger partial charge on any atom is -0.387 e. The molecule has 0 aromatic carbocycles. The molecule has 1 aliphatic heterocycles. The van der Waals surface area contributed by atoms with Crippen molar-refractivity contribution in [1.82, 2.24) is 9.97 Å². The van der Waals surface area contributed by atoms with Gasteiger partial charge in [0.25, 0.3) is 0 Å². The van der Waals surface area contributed by atoms with Crippen molar-refractivity contribution in [1.29, 1.82) is 0 Å². The summed E-state index contributed by atoms with van der Waals surface area (Å²) in [7, 11) is 1.63. The van der Waals surface area contributed by atoms with Gasteiger partial charge in [-0.3, -0.25) is 0 Å². The Hall–Kier alpha value is -1.20. The van der Waals surface area contributed by atoms with Gasteiger partial charge in [-0.2, -0.15) is 0 Å². The number of anilines is 1. The van der Waals surface area contributed by atoms with Crippen LogP contribution in [-0.4, -0.2) is 47.5 Å². The number of piperidine rings is 1. The Labute approximate surface area is 108 Å². The molecule has 0 radical (unpaired) electrons. The van der Waals surface area contributed by atoms with E-state index in [-0.39, 0.29) is 5.41 Å². The second-order valence-corrected chi connectivity index (χ2v) is 5.57. The van der Waals surface area contributed by atoms with E-state index in [1.54, 1.807) is 25.6 Å². The summed E-state index contributed by atoms with van der Waals surface area (Å²) in [4.78, 5) is 10.6. The van der Waals surface area contributed by atoms with Crippen molar-refractivity contribution in [2.75, 3.05) is 31.7 Å². The van der Waals surface area contributed by atoms with Crippen LogP contribution in [0.1, 0.15) is 20.3 Å². The van der Waals surface area contributed by atoms with Gasteiger partial charge in [0.1, 0.15) is 0 Å². The van der Waals surface area contributed by atoms with E-state index >= 15 is 0 Å².